The molecule has 0 radical (unpaired) electrons. The quantitative estimate of drug-likeness (QED) is 0.441. The minimum atomic E-state index is -1.95. The van der Waals surface area contributed by atoms with Gasteiger partial charge in [-0.2, -0.15) is 0 Å². The van der Waals surface area contributed by atoms with E-state index in [4.69, 9.17) is 34.8 Å². The van der Waals surface area contributed by atoms with Gasteiger partial charge in [0, 0.05) is 18.1 Å². The van der Waals surface area contributed by atoms with Crippen molar-refractivity contribution in [3.05, 3.63) is 30.1 Å². The predicted molar refractivity (Wildman–Crippen MR) is 120 cm³/mol. The molecule has 1 fully saturated rings. The van der Waals surface area contributed by atoms with Crippen LogP contribution in [0.2, 0.25) is 0 Å². The van der Waals surface area contributed by atoms with E-state index in [0.717, 1.165) is 9.80 Å². The fourth-order valence-corrected chi connectivity index (χ4v) is 4.11. The molecule has 0 aliphatic carbocycles. The van der Waals surface area contributed by atoms with E-state index in [-0.39, 0.29) is 11.5 Å². The van der Waals surface area contributed by atoms with E-state index in [0.29, 0.717) is 0 Å². The number of hydrogen-bond donors (Lipinski definition) is 0. The summed E-state index contributed by atoms with van der Waals surface area (Å²) in [5.74, 6) is -1.72. The molecular weight excluding hydrogens is 454 g/mol. The lowest BCUT2D eigenvalue weighted by atomic mass is 9.95. The third-order valence-corrected chi connectivity index (χ3v) is 5.09. The van der Waals surface area contributed by atoms with E-state index in [2.05, 4.69) is 4.99 Å². The van der Waals surface area contributed by atoms with Gasteiger partial charge in [0.15, 0.2) is 6.17 Å². The maximum Gasteiger partial charge on any atom is 0.337 e. The van der Waals surface area contributed by atoms with Crippen LogP contribution in [0.1, 0.15) is 41.5 Å². The fourth-order valence-electron chi connectivity index (χ4n) is 3.67. The van der Waals surface area contributed by atoms with Crippen molar-refractivity contribution in [2.24, 2.45) is 4.99 Å². The first-order valence-electron chi connectivity index (χ1n) is 9.28. The minimum absolute atomic E-state index is 0.111. The van der Waals surface area contributed by atoms with Crippen molar-refractivity contribution < 1.29 is 14.0 Å². The van der Waals surface area contributed by atoms with Crippen molar-refractivity contribution in [2.75, 3.05) is 11.9 Å². The van der Waals surface area contributed by atoms with Crippen LogP contribution in [0, 0.1) is 5.82 Å². The van der Waals surface area contributed by atoms with Crippen molar-refractivity contribution in [3.8, 4) is 0 Å². The highest BCUT2D eigenvalue weighted by Crippen LogP contribution is 2.41. The zero-order chi connectivity index (χ0) is 23.2. The number of amides is 3. The molecule has 1 aliphatic heterocycles. The molecule has 1 unspecified atom stereocenters. The van der Waals surface area contributed by atoms with Gasteiger partial charge in [-0.05, 0) is 53.7 Å². The number of carbonyl (C=O) groups excluding carboxylic acids is 2. The lowest BCUT2D eigenvalue weighted by molar-refractivity contribution is -0.119. The zero-order valence-electron chi connectivity index (χ0n) is 18.0. The van der Waals surface area contributed by atoms with Crippen molar-refractivity contribution in [1.82, 2.24) is 9.80 Å². The van der Waals surface area contributed by atoms with Gasteiger partial charge in [0.2, 0.25) is 9.63 Å². The number of nitrogens with zero attached hydrogens (tertiary/aromatic N) is 4. The molecule has 0 aromatic heterocycles. The third-order valence-electron chi connectivity index (χ3n) is 4.51. The molecule has 1 aromatic carbocycles. The summed E-state index contributed by atoms with van der Waals surface area (Å²) in [7, 11) is 1.29. The van der Waals surface area contributed by atoms with Gasteiger partial charge < -0.3 is 0 Å². The van der Waals surface area contributed by atoms with Crippen molar-refractivity contribution in [3.63, 3.8) is 0 Å². The number of likely N-dealkylation sites (N-methyl/N-ethyl adjacent to an activating group) is 1. The molecule has 0 N–H and O–H groups in total. The zero-order valence-corrected chi connectivity index (χ0v) is 20.3. The second-order valence-electron chi connectivity index (χ2n) is 9.01. The highest BCUT2D eigenvalue weighted by molar-refractivity contribution is 6.68. The number of benzene rings is 1. The monoisotopic (exact) mass is 478 g/mol. The largest absolute Gasteiger partial charge is 0.337 e. The first kappa shape index (κ1) is 24.9. The average molecular weight is 480 g/mol. The molecule has 3 amide bonds. The molecule has 30 heavy (non-hydrogen) atoms. The number of amidine groups is 1. The van der Waals surface area contributed by atoms with Gasteiger partial charge >= 0.3 is 6.03 Å². The van der Waals surface area contributed by atoms with Gasteiger partial charge in [0.1, 0.15) is 5.82 Å². The summed E-state index contributed by atoms with van der Waals surface area (Å²) < 4.78 is 12.5. The molecule has 0 bridgehead atoms. The number of anilines is 1. The highest BCUT2D eigenvalue weighted by Gasteiger charge is 2.49. The Hall–Kier alpha value is -1.41. The lowest BCUT2D eigenvalue weighted by Gasteiger charge is -2.50. The van der Waals surface area contributed by atoms with Crippen LogP contribution in [0.5, 0.6) is 0 Å². The summed E-state index contributed by atoms with van der Waals surface area (Å²) in [4.78, 5) is 33.7. The highest BCUT2D eigenvalue weighted by atomic mass is 35.6. The maximum atomic E-state index is 14.5. The van der Waals surface area contributed by atoms with Gasteiger partial charge in [-0.25, -0.2) is 19.1 Å². The van der Waals surface area contributed by atoms with Gasteiger partial charge in [0.25, 0.3) is 5.91 Å². The number of aliphatic imine (C=N–C) groups is 1. The number of carbonyl (C=O) groups is 2. The molecule has 0 spiro atoms. The first-order valence-corrected chi connectivity index (χ1v) is 10.4. The van der Waals surface area contributed by atoms with Gasteiger partial charge in [-0.15, -0.1) is 0 Å². The smallest absolute Gasteiger partial charge is 0.268 e. The molecule has 166 valence electrons. The van der Waals surface area contributed by atoms with Crippen LogP contribution in [0.4, 0.5) is 14.9 Å². The van der Waals surface area contributed by atoms with Crippen molar-refractivity contribution in [1.29, 1.82) is 0 Å². The summed E-state index contributed by atoms with van der Waals surface area (Å²) in [5, 5.41) is 0. The van der Waals surface area contributed by atoms with Crippen LogP contribution in [-0.4, -0.2) is 55.7 Å². The van der Waals surface area contributed by atoms with Crippen LogP contribution < -0.4 is 4.90 Å². The number of urea groups is 1. The van der Waals surface area contributed by atoms with Gasteiger partial charge in [-0.3, -0.25) is 14.6 Å². The fraction of sp³-hybridized carbons (Fsp3) is 0.550. The predicted octanol–water partition coefficient (Wildman–Crippen LogP) is 5.22. The van der Waals surface area contributed by atoms with E-state index in [9.17, 15) is 14.0 Å². The standard InChI is InChI=1S/C20H26Cl3FN4O2/c1-18(2,3)28(19(4,5)6)16(20(21,22)23)25-14-15(29)26(7)17(30)27(14)13-11-9-8-10-12(13)24/h8-11,16H,1-7H3/b25-14+. The van der Waals surface area contributed by atoms with Crippen LogP contribution in [0.15, 0.2) is 29.3 Å². The summed E-state index contributed by atoms with van der Waals surface area (Å²) in [6, 6.07) is 4.85. The summed E-state index contributed by atoms with van der Waals surface area (Å²) in [5.41, 5.74) is -1.17. The second kappa shape index (κ2) is 8.26. The van der Waals surface area contributed by atoms with Crippen LogP contribution in [0.3, 0.4) is 0 Å². The SMILES string of the molecule is CN1C(=O)/C(=N\C(N(C(C)(C)C)C(C)(C)C)C(Cl)(Cl)Cl)N(c2ccccc2F)C1=O. The van der Waals surface area contributed by atoms with Gasteiger partial charge in [0.05, 0.1) is 5.69 Å². The Morgan fingerprint density at radius 2 is 1.50 bits per heavy atom. The second-order valence-corrected chi connectivity index (χ2v) is 11.4. The van der Waals surface area contributed by atoms with Crippen molar-refractivity contribution in [2.45, 2.75) is 62.6 Å². The minimum Gasteiger partial charge on any atom is -0.268 e. The van der Waals surface area contributed by atoms with E-state index < -0.39 is 38.8 Å². The Kier molecular flexibility index (Phi) is 6.85. The third kappa shape index (κ3) is 4.90. The summed E-state index contributed by atoms with van der Waals surface area (Å²) in [6.45, 7) is 11.5. The molecule has 1 saturated heterocycles. The Balaban J connectivity index is 2.75. The van der Waals surface area contributed by atoms with Gasteiger partial charge in [-0.1, -0.05) is 46.9 Å². The van der Waals surface area contributed by atoms with E-state index in [1.807, 2.05) is 46.4 Å². The van der Waals surface area contributed by atoms with E-state index in [1.54, 1.807) is 6.07 Å². The molecule has 6 nitrogen and oxygen atoms in total. The molecule has 1 aliphatic rings. The number of hydrogen-bond acceptors (Lipinski definition) is 4. The van der Waals surface area contributed by atoms with Crippen LogP contribution in [0.25, 0.3) is 0 Å². The van der Waals surface area contributed by atoms with E-state index in [1.165, 1.54) is 25.2 Å². The maximum absolute atomic E-state index is 14.5. The number of imide groups is 1. The Morgan fingerprint density at radius 1 is 1.00 bits per heavy atom. The number of alkyl halides is 3. The topological polar surface area (TPSA) is 56.2 Å². The molecule has 1 aromatic rings. The molecule has 2 rings (SSSR count). The molecule has 1 atom stereocenters. The summed E-state index contributed by atoms with van der Waals surface area (Å²) in [6.07, 6.45) is -1.14. The Labute approximate surface area is 191 Å². The van der Waals surface area contributed by atoms with E-state index >= 15 is 0 Å². The number of rotatable bonds is 3. The van der Waals surface area contributed by atoms with Crippen LogP contribution >= 0.6 is 34.8 Å². The Bertz CT molecular complexity index is 858. The Morgan fingerprint density at radius 3 is 1.93 bits per heavy atom. The summed E-state index contributed by atoms with van der Waals surface area (Å²) >= 11 is 18.9. The molecular formula is C20H26Cl3FN4O2. The van der Waals surface area contributed by atoms with Crippen molar-refractivity contribution >= 4 is 58.3 Å². The average Bonchev–Trinajstić information content (AvgIpc) is 2.76. The molecule has 1 heterocycles. The molecule has 10 heteroatoms. The number of para-hydroxylation sites is 1. The molecule has 0 saturated carbocycles. The number of halogens is 4. The normalized spacial score (nSPS) is 18.7. The van der Waals surface area contributed by atoms with Crippen LogP contribution in [-0.2, 0) is 4.79 Å². The lowest BCUT2D eigenvalue weighted by Crippen LogP contribution is -2.61. The first-order chi connectivity index (χ1) is 13.5.